The number of aryl methyl sites for hydroxylation is 2. The Morgan fingerprint density at radius 1 is 0.611 bits per heavy atom. The smallest absolute Gasteiger partial charge is 0.138 e. The van der Waals surface area contributed by atoms with E-state index in [2.05, 4.69) is 109 Å². The van der Waals surface area contributed by atoms with E-state index in [0.717, 1.165) is 41.7 Å². The van der Waals surface area contributed by atoms with Gasteiger partial charge in [0.1, 0.15) is 23.3 Å². The van der Waals surface area contributed by atoms with Crippen molar-refractivity contribution in [1.82, 2.24) is 9.80 Å². The maximum atomic E-state index is 14.9. The van der Waals surface area contributed by atoms with Crippen LogP contribution in [0.25, 0.3) is 0 Å². The van der Waals surface area contributed by atoms with Crippen LogP contribution >= 0.6 is 11.6 Å². The first kappa shape index (κ1) is 41.1. The predicted molar refractivity (Wildman–Crippen MR) is 226 cm³/mol. The Morgan fingerprint density at radius 2 is 1.11 bits per heavy atom. The number of halogens is 3. The normalized spacial score (nSPS) is 14.5. The Balaban J connectivity index is 1.81. The van der Waals surface area contributed by atoms with E-state index in [-0.39, 0.29) is 23.7 Å². The van der Waals surface area contributed by atoms with Crippen molar-refractivity contribution in [2.75, 3.05) is 19.8 Å². The largest absolute Gasteiger partial charge is 0.338 e. The number of benzene rings is 4. The van der Waals surface area contributed by atoms with E-state index in [1.165, 1.54) is 45.5 Å². The Hall–Kier alpha value is -4.03. The number of hydrogen-bond donors (Lipinski definition) is 0. The van der Waals surface area contributed by atoms with Crippen LogP contribution in [0.1, 0.15) is 155 Å². The molecular formula is C47H59ClF2N4. The molecular weight excluding hydrogens is 694 g/mol. The zero-order valence-electron chi connectivity index (χ0n) is 34.4. The van der Waals surface area contributed by atoms with E-state index in [9.17, 15) is 8.78 Å². The van der Waals surface area contributed by atoms with Crippen LogP contribution in [0.15, 0.2) is 70.6 Å². The lowest BCUT2D eigenvalue weighted by atomic mass is 9.83. The minimum atomic E-state index is -0.652. The summed E-state index contributed by atoms with van der Waals surface area (Å²) in [7, 11) is 0. The summed E-state index contributed by atoms with van der Waals surface area (Å²) in [6.07, 6.45) is 0.789. The van der Waals surface area contributed by atoms with Gasteiger partial charge in [-0.05, 0) is 107 Å². The van der Waals surface area contributed by atoms with E-state index in [4.69, 9.17) is 21.6 Å². The Morgan fingerprint density at radius 3 is 1.59 bits per heavy atom. The Kier molecular flexibility index (Phi) is 13.1. The Bertz CT molecular complexity index is 1940. The fourth-order valence-corrected chi connectivity index (χ4v) is 7.91. The monoisotopic (exact) mass is 752 g/mol. The van der Waals surface area contributed by atoms with Gasteiger partial charge in [-0.1, -0.05) is 117 Å². The molecule has 1 heterocycles. The maximum absolute atomic E-state index is 14.9. The van der Waals surface area contributed by atoms with Crippen molar-refractivity contribution in [3.63, 3.8) is 0 Å². The first-order valence-corrected chi connectivity index (χ1v) is 20.1. The van der Waals surface area contributed by atoms with Crippen LogP contribution in [-0.4, -0.2) is 41.2 Å². The van der Waals surface area contributed by atoms with Gasteiger partial charge >= 0.3 is 0 Å². The molecule has 1 aliphatic heterocycles. The summed E-state index contributed by atoms with van der Waals surface area (Å²) in [6, 6.07) is 18.9. The quantitative estimate of drug-likeness (QED) is 0.126. The van der Waals surface area contributed by atoms with Gasteiger partial charge in [0.25, 0.3) is 0 Å². The van der Waals surface area contributed by atoms with Crippen molar-refractivity contribution in [2.45, 2.75) is 119 Å². The van der Waals surface area contributed by atoms with Gasteiger partial charge in [0.05, 0.1) is 23.1 Å². The first-order chi connectivity index (χ1) is 25.5. The fraction of sp³-hybridized carbons (Fsp3) is 0.447. The molecule has 0 aromatic heterocycles. The third-order valence-corrected chi connectivity index (χ3v) is 10.7. The summed E-state index contributed by atoms with van der Waals surface area (Å²) < 4.78 is 29.9. The summed E-state index contributed by atoms with van der Waals surface area (Å²) in [5.74, 6) is 1.48. The number of hydrogen-bond acceptors (Lipinski definition) is 2. The molecule has 0 unspecified atom stereocenters. The average Bonchev–Trinajstić information content (AvgIpc) is 3.09. The van der Waals surface area contributed by atoms with Gasteiger partial charge in [0, 0.05) is 30.3 Å². The summed E-state index contributed by atoms with van der Waals surface area (Å²) in [5.41, 5.74) is 11.4. The van der Waals surface area contributed by atoms with Gasteiger partial charge in [-0.3, -0.25) is 0 Å². The number of para-hydroxylation sites is 1. The minimum absolute atomic E-state index is 0.242. The van der Waals surface area contributed by atoms with Crippen LogP contribution in [0.2, 0.25) is 5.02 Å². The summed E-state index contributed by atoms with van der Waals surface area (Å²) in [4.78, 5) is 15.4. The molecule has 5 rings (SSSR count). The second kappa shape index (κ2) is 17.2. The molecule has 0 spiro atoms. The van der Waals surface area contributed by atoms with Gasteiger partial charge in [-0.15, -0.1) is 0 Å². The summed E-state index contributed by atoms with van der Waals surface area (Å²) in [6.45, 7) is 28.3. The molecule has 0 saturated carbocycles. The number of aliphatic imine (C=N–C) groups is 2. The summed E-state index contributed by atoms with van der Waals surface area (Å²) in [5, 5.41) is 0.498. The SMILES string of the molecule is Cc1cc(C)c(N=C(c2cc(F)cc(F)c2)N2CCCN(C(=Nc3c(C(C)C)cccc3C(C)C)c3c(C(C)C)cc(C(C)C)cc3C(C)C)C2)c(Cl)c1. The molecule has 0 amide bonds. The fourth-order valence-electron chi connectivity index (χ4n) is 7.55. The van der Waals surface area contributed by atoms with Crippen molar-refractivity contribution in [2.24, 2.45) is 9.98 Å². The molecule has 0 bridgehead atoms. The molecule has 0 atom stereocenters. The highest BCUT2D eigenvalue weighted by atomic mass is 35.5. The van der Waals surface area contributed by atoms with Crippen LogP contribution in [0, 0.1) is 25.5 Å². The van der Waals surface area contributed by atoms with E-state index < -0.39 is 11.6 Å². The second-order valence-corrected chi connectivity index (χ2v) is 17.0. The molecule has 1 fully saturated rings. The lowest BCUT2D eigenvalue weighted by molar-refractivity contribution is 0.214. The van der Waals surface area contributed by atoms with Gasteiger partial charge in [0.15, 0.2) is 0 Å². The van der Waals surface area contributed by atoms with Crippen molar-refractivity contribution < 1.29 is 8.78 Å². The molecule has 0 aliphatic carbocycles. The first-order valence-electron chi connectivity index (χ1n) is 19.7. The maximum Gasteiger partial charge on any atom is 0.138 e. The van der Waals surface area contributed by atoms with Gasteiger partial charge in [-0.25, -0.2) is 18.8 Å². The van der Waals surface area contributed by atoms with Crippen molar-refractivity contribution in [3.05, 3.63) is 127 Å². The lowest BCUT2D eigenvalue weighted by Crippen LogP contribution is -2.50. The molecule has 4 aromatic rings. The third-order valence-electron chi connectivity index (χ3n) is 10.4. The van der Waals surface area contributed by atoms with Crippen LogP contribution in [-0.2, 0) is 0 Å². The highest BCUT2D eigenvalue weighted by Gasteiger charge is 2.31. The van der Waals surface area contributed by atoms with Gasteiger partial charge in [0.2, 0.25) is 0 Å². The van der Waals surface area contributed by atoms with Gasteiger partial charge < -0.3 is 9.80 Å². The average molecular weight is 753 g/mol. The molecule has 54 heavy (non-hydrogen) atoms. The lowest BCUT2D eigenvalue weighted by Gasteiger charge is -2.40. The van der Waals surface area contributed by atoms with Gasteiger partial charge in [-0.2, -0.15) is 0 Å². The Labute approximate surface area is 328 Å². The highest BCUT2D eigenvalue weighted by molar-refractivity contribution is 6.33. The molecule has 4 aromatic carbocycles. The molecule has 0 radical (unpaired) electrons. The van der Waals surface area contributed by atoms with Crippen LogP contribution in [0.3, 0.4) is 0 Å². The molecule has 1 aliphatic rings. The van der Waals surface area contributed by atoms with Crippen LogP contribution < -0.4 is 0 Å². The van der Waals surface area contributed by atoms with E-state index in [0.29, 0.717) is 41.2 Å². The van der Waals surface area contributed by atoms with Crippen LogP contribution in [0.5, 0.6) is 0 Å². The predicted octanol–water partition coefficient (Wildman–Crippen LogP) is 13.7. The molecule has 7 heteroatoms. The van der Waals surface area contributed by atoms with E-state index >= 15 is 0 Å². The molecule has 4 nitrogen and oxygen atoms in total. The molecule has 1 saturated heterocycles. The number of rotatable bonds is 9. The molecule has 0 N–H and O–H groups in total. The van der Waals surface area contributed by atoms with Crippen molar-refractivity contribution in [3.8, 4) is 0 Å². The standard InChI is InChI=1S/C47H59ClF2N4/c1-27(2)34-23-40(30(7)8)43(41(24-34)31(9)10)47(52-45-38(28(3)4)15-13-16-39(45)29(5)6)54-18-14-17-53(26-54)46(35-21-36(49)25-37(50)22-35)51-44-33(12)19-32(11)20-42(44)48/h13,15-16,19-25,27-31H,14,17-18,26H2,1-12H3. The summed E-state index contributed by atoms with van der Waals surface area (Å²) >= 11 is 6.82. The highest BCUT2D eigenvalue weighted by Crippen LogP contribution is 2.39. The van der Waals surface area contributed by atoms with E-state index in [1.807, 2.05) is 26.0 Å². The molecule has 288 valence electrons. The minimum Gasteiger partial charge on any atom is -0.338 e. The third kappa shape index (κ3) is 9.08. The van der Waals surface area contributed by atoms with E-state index in [1.54, 1.807) is 0 Å². The number of amidine groups is 2. The van der Waals surface area contributed by atoms with Crippen LogP contribution in [0.4, 0.5) is 20.2 Å². The second-order valence-electron chi connectivity index (χ2n) is 16.6. The zero-order chi connectivity index (χ0) is 39.6. The van der Waals surface area contributed by atoms with Crippen molar-refractivity contribution >= 4 is 34.6 Å². The number of nitrogens with zero attached hydrogens (tertiary/aromatic N) is 4. The van der Waals surface area contributed by atoms with Crippen molar-refractivity contribution in [1.29, 1.82) is 0 Å². The topological polar surface area (TPSA) is 31.2 Å². The zero-order valence-corrected chi connectivity index (χ0v) is 35.2.